The number of nitrogens with one attached hydrogen (secondary N) is 1. The Kier molecular flexibility index (Phi) is 4.98. The lowest BCUT2D eigenvalue weighted by molar-refractivity contribution is -0.127. The first-order valence-corrected chi connectivity index (χ1v) is 8.21. The second kappa shape index (κ2) is 7.33. The number of likely N-dealkylation sites (tertiary alicyclic amines) is 1. The number of furan rings is 1. The maximum atomic E-state index is 12.4. The molecule has 3 heterocycles. The van der Waals surface area contributed by atoms with Crippen LogP contribution in [-0.4, -0.2) is 45.4 Å². The van der Waals surface area contributed by atoms with Crippen LogP contribution in [0.2, 0.25) is 0 Å². The minimum atomic E-state index is -0.0383. The van der Waals surface area contributed by atoms with Gasteiger partial charge in [-0.05, 0) is 25.8 Å². The van der Waals surface area contributed by atoms with Crippen molar-refractivity contribution >= 4 is 11.8 Å². The molecule has 7 heteroatoms. The third-order valence-electron chi connectivity index (χ3n) is 4.35. The molecule has 7 nitrogen and oxygen atoms in total. The van der Waals surface area contributed by atoms with Gasteiger partial charge in [-0.3, -0.25) is 9.59 Å². The minimum absolute atomic E-state index is 0.0314. The number of nitrogens with zero attached hydrogens (tertiary/aromatic N) is 3. The first kappa shape index (κ1) is 16.3. The molecular weight excluding hydrogens is 308 g/mol. The summed E-state index contributed by atoms with van der Waals surface area (Å²) in [6, 6.07) is 1.70. The van der Waals surface area contributed by atoms with Crippen molar-refractivity contribution in [3.8, 4) is 0 Å². The number of imidazole rings is 1. The quantitative estimate of drug-likeness (QED) is 0.901. The molecule has 1 saturated heterocycles. The molecule has 2 amide bonds. The normalized spacial score (nSPS) is 16.8. The highest BCUT2D eigenvalue weighted by Crippen LogP contribution is 2.19. The number of hydrogen-bond acceptors (Lipinski definition) is 4. The third kappa shape index (κ3) is 3.84. The number of rotatable bonds is 5. The van der Waals surface area contributed by atoms with Crippen LogP contribution < -0.4 is 5.32 Å². The van der Waals surface area contributed by atoms with E-state index in [1.807, 2.05) is 17.7 Å². The van der Waals surface area contributed by atoms with E-state index < -0.39 is 0 Å². The summed E-state index contributed by atoms with van der Waals surface area (Å²) in [6.07, 6.45) is 9.67. The van der Waals surface area contributed by atoms with Crippen LogP contribution >= 0.6 is 0 Å². The van der Waals surface area contributed by atoms with Crippen LogP contribution in [0.1, 0.15) is 30.1 Å². The van der Waals surface area contributed by atoms with Gasteiger partial charge in [0.15, 0.2) is 0 Å². The molecular formula is C17H22N4O3. The van der Waals surface area contributed by atoms with Gasteiger partial charge in [0, 0.05) is 44.0 Å². The standard InChI is InChI=1S/C17H22N4O3/c1-13(10-20-8-5-18-12-20)19-16(22)14-2-6-21(7-3-14)17(23)15-4-9-24-11-15/h4-5,8-9,11-14H,2-3,6-7,10H2,1H3,(H,19,22). The second-order valence-electron chi connectivity index (χ2n) is 6.25. The van der Waals surface area contributed by atoms with Gasteiger partial charge >= 0.3 is 0 Å². The van der Waals surface area contributed by atoms with Gasteiger partial charge in [-0.2, -0.15) is 0 Å². The topological polar surface area (TPSA) is 80.4 Å². The van der Waals surface area contributed by atoms with Crippen LogP contribution in [0.15, 0.2) is 41.7 Å². The number of aromatic nitrogens is 2. The molecule has 0 aliphatic carbocycles. The van der Waals surface area contributed by atoms with Gasteiger partial charge in [0.05, 0.1) is 18.2 Å². The molecule has 128 valence electrons. The lowest BCUT2D eigenvalue weighted by Gasteiger charge is -2.31. The molecule has 3 rings (SSSR count). The number of carbonyl (C=O) groups is 2. The highest BCUT2D eigenvalue weighted by molar-refractivity contribution is 5.94. The molecule has 24 heavy (non-hydrogen) atoms. The second-order valence-corrected chi connectivity index (χ2v) is 6.25. The number of piperidine rings is 1. The van der Waals surface area contributed by atoms with Gasteiger partial charge in [-0.25, -0.2) is 4.98 Å². The maximum absolute atomic E-state index is 12.4. The zero-order valence-electron chi connectivity index (χ0n) is 13.7. The monoisotopic (exact) mass is 330 g/mol. The van der Waals surface area contributed by atoms with E-state index in [1.165, 1.54) is 12.5 Å². The van der Waals surface area contributed by atoms with Crippen LogP contribution in [-0.2, 0) is 11.3 Å². The summed E-state index contributed by atoms with van der Waals surface area (Å²) in [4.78, 5) is 30.4. The average molecular weight is 330 g/mol. The Bertz CT molecular complexity index is 658. The molecule has 0 radical (unpaired) electrons. The smallest absolute Gasteiger partial charge is 0.257 e. The fraction of sp³-hybridized carbons (Fsp3) is 0.471. The Labute approximate surface area is 140 Å². The molecule has 1 aliphatic heterocycles. The Morgan fingerprint density at radius 3 is 2.83 bits per heavy atom. The van der Waals surface area contributed by atoms with E-state index in [1.54, 1.807) is 23.5 Å². The van der Waals surface area contributed by atoms with Crippen LogP contribution in [0.5, 0.6) is 0 Å². The van der Waals surface area contributed by atoms with E-state index in [0.717, 1.165) is 0 Å². The minimum Gasteiger partial charge on any atom is -0.472 e. The molecule has 1 unspecified atom stereocenters. The molecule has 2 aromatic rings. The number of carbonyl (C=O) groups excluding carboxylic acids is 2. The van der Waals surface area contributed by atoms with E-state index in [0.29, 0.717) is 38.0 Å². The van der Waals surface area contributed by atoms with Crippen molar-refractivity contribution in [1.82, 2.24) is 19.8 Å². The highest BCUT2D eigenvalue weighted by Gasteiger charge is 2.28. The van der Waals surface area contributed by atoms with E-state index >= 15 is 0 Å². The lowest BCUT2D eigenvalue weighted by Crippen LogP contribution is -2.45. The number of hydrogen-bond donors (Lipinski definition) is 1. The van der Waals surface area contributed by atoms with Crippen LogP contribution in [0, 0.1) is 5.92 Å². The average Bonchev–Trinajstić information content (AvgIpc) is 3.27. The molecule has 0 spiro atoms. The van der Waals surface area contributed by atoms with E-state index in [4.69, 9.17) is 4.42 Å². The van der Waals surface area contributed by atoms with Crippen molar-refractivity contribution in [3.05, 3.63) is 42.9 Å². The van der Waals surface area contributed by atoms with Gasteiger partial charge in [-0.1, -0.05) is 0 Å². The predicted molar refractivity (Wildman–Crippen MR) is 87.2 cm³/mol. The van der Waals surface area contributed by atoms with Crippen molar-refractivity contribution in [3.63, 3.8) is 0 Å². The Morgan fingerprint density at radius 1 is 1.42 bits per heavy atom. The van der Waals surface area contributed by atoms with Crippen molar-refractivity contribution in [1.29, 1.82) is 0 Å². The third-order valence-corrected chi connectivity index (χ3v) is 4.35. The maximum Gasteiger partial charge on any atom is 0.257 e. The molecule has 1 fully saturated rings. The van der Waals surface area contributed by atoms with E-state index in [2.05, 4.69) is 10.3 Å². The van der Waals surface area contributed by atoms with Crippen LogP contribution in [0.25, 0.3) is 0 Å². The molecule has 1 aliphatic rings. The molecule has 0 aromatic carbocycles. The Hall–Kier alpha value is -2.57. The summed E-state index contributed by atoms with van der Waals surface area (Å²) in [6.45, 7) is 3.87. The van der Waals surface area contributed by atoms with Crippen molar-refractivity contribution in [2.75, 3.05) is 13.1 Å². The molecule has 2 aromatic heterocycles. The Balaban J connectivity index is 1.45. The van der Waals surface area contributed by atoms with E-state index in [9.17, 15) is 9.59 Å². The van der Waals surface area contributed by atoms with Gasteiger partial charge in [-0.15, -0.1) is 0 Å². The first-order valence-electron chi connectivity index (χ1n) is 8.21. The first-order chi connectivity index (χ1) is 11.6. The molecule has 1 N–H and O–H groups in total. The zero-order valence-corrected chi connectivity index (χ0v) is 13.7. The molecule has 0 bridgehead atoms. The van der Waals surface area contributed by atoms with Gasteiger partial charge in [0.2, 0.25) is 5.91 Å². The fourth-order valence-electron chi connectivity index (χ4n) is 3.03. The summed E-state index contributed by atoms with van der Waals surface area (Å²) in [5.74, 6) is -0.00209. The lowest BCUT2D eigenvalue weighted by atomic mass is 9.95. The van der Waals surface area contributed by atoms with Crippen molar-refractivity contribution in [2.45, 2.75) is 32.4 Å². The van der Waals surface area contributed by atoms with Crippen LogP contribution in [0.4, 0.5) is 0 Å². The SMILES string of the molecule is CC(Cn1ccnc1)NC(=O)C1CCN(C(=O)c2ccoc2)CC1. The summed E-state index contributed by atoms with van der Waals surface area (Å²) in [5, 5.41) is 3.05. The fourth-order valence-corrected chi connectivity index (χ4v) is 3.03. The summed E-state index contributed by atoms with van der Waals surface area (Å²) >= 11 is 0. The largest absolute Gasteiger partial charge is 0.472 e. The van der Waals surface area contributed by atoms with E-state index in [-0.39, 0.29) is 23.8 Å². The zero-order chi connectivity index (χ0) is 16.9. The highest BCUT2D eigenvalue weighted by atomic mass is 16.3. The summed E-state index contributed by atoms with van der Waals surface area (Å²) < 4.78 is 6.90. The molecule has 1 atom stereocenters. The van der Waals surface area contributed by atoms with Gasteiger partial charge < -0.3 is 19.2 Å². The van der Waals surface area contributed by atoms with Crippen molar-refractivity contribution < 1.29 is 14.0 Å². The Morgan fingerprint density at radius 2 is 2.21 bits per heavy atom. The van der Waals surface area contributed by atoms with Gasteiger partial charge in [0.1, 0.15) is 6.26 Å². The van der Waals surface area contributed by atoms with Crippen molar-refractivity contribution in [2.24, 2.45) is 5.92 Å². The summed E-state index contributed by atoms with van der Waals surface area (Å²) in [5.41, 5.74) is 0.562. The van der Waals surface area contributed by atoms with Crippen LogP contribution in [0.3, 0.4) is 0 Å². The predicted octanol–water partition coefficient (Wildman–Crippen LogP) is 1.53. The number of amides is 2. The van der Waals surface area contributed by atoms with Gasteiger partial charge in [0.25, 0.3) is 5.91 Å². The summed E-state index contributed by atoms with van der Waals surface area (Å²) in [7, 11) is 0. The molecule has 0 saturated carbocycles.